The first-order valence-corrected chi connectivity index (χ1v) is 8.11. The largest absolute Gasteiger partial charge is 1.00 e. The van der Waals surface area contributed by atoms with Crippen LogP contribution in [0.2, 0.25) is 0 Å². The van der Waals surface area contributed by atoms with Crippen LogP contribution in [0, 0.1) is 6.92 Å². The zero-order valence-electron chi connectivity index (χ0n) is 15.0. The Kier molecular flexibility index (Phi) is 14.5. The molecule has 0 unspecified atom stereocenters. The van der Waals surface area contributed by atoms with Crippen LogP contribution < -0.4 is 41.0 Å². The molecule has 0 fully saturated rings. The number of aliphatic hydroxyl groups excluding tert-OH is 1. The third-order valence-corrected chi connectivity index (χ3v) is 3.78. The van der Waals surface area contributed by atoms with E-state index in [2.05, 4.69) is 24.7 Å². The minimum absolute atomic E-state index is 0. The molecule has 1 aromatic heterocycles. The van der Waals surface area contributed by atoms with Gasteiger partial charge in [-0.15, -0.1) is 0 Å². The zero-order chi connectivity index (χ0) is 16.5. The van der Waals surface area contributed by atoms with E-state index in [4.69, 9.17) is 16.6 Å². The van der Waals surface area contributed by atoms with Crippen LogP contribution in [0.4, 0.5) is 11.4 Å². The number of nitrogen functional groups attached to an aromatic ring is 2. The van der Waals surface area contributed by atoms with Crippen LogP contribution in [0.1, 0.15) is 13.9 Å². The molecule has 3 aromatic rings. The molecule has 5 nitrogen and oxygen atoms in total. The van der Waals surface area contributed by atoms with Gasteiger partial charge in [-0.25, -0.2) is 0 Å². The Morgan fingerprint density at radius 1 is 1.17 bits per heavy atom. The van der Waals surface area contributed by atoms with E-state index in [1.54, 1.807) is 13.0 Å². The van der Waals surface area contributed by atoms with E-state index in [0.29, 0.717) is 11.4 Å². The maximum absolute atomic E-state index is 7.57. The number of fused-ring (bicyclic) bond motifs is 1. The van der Waals surface area contributed by atoms with E-state index >= 15 is 0 Å². The van der Waals surface area contributed by atoms with Crippen molar-refractivity contribution in [2.75, 3.05) is 18.1 Å². The second-order valence-corrected chi connectivity index (χ2v) is 5.65. The summed E-state index contributed by atoms with van der Waals surface area (Å²) in [6.07, 6.45) is 0. The summed E-state index contributed by atoms with van der Waals surface area (Å²) in [5.41, 5.74) is 15.4. The molecule has 24 heavy (non-hydrogen) atoms. The molecule has 5 N–H and O–H groups in total. The number of aromatic nitrogens is 2. The zero-order valence-corrected chi connectivity index (χ0v) is 18.4. The molecule has 0 saturated heterocycles. The summed E-state index contributed by atoms with van der Waals surface area (Å²) in [5.74, 6) is 0. The third-order valence-electron chi connectivity index (χ3n) is 2.59. The van der Waals surface area contributed by atoms with Crippen molar-refractivity contribution >= 4 is 58.5 Å². The quantitative estimate of drug-likeness (QED) is 0.362. The topological polar surface area (TPSA) is 98.0 Å². The van der Waals surface area contributed by atoms with E-state index in [-0.39, 0.29) is 46.0 Å². The summed E-state index contributed by atoms with van der Waals surface area (Å²) in [6, 6.07) is 11.5. The van der Waals surface area contributed by atoms with E-state index in [1.165, 1.54) is 11.7 Å². The van der Waals surface area contributed by atoms with Crippen molar-refractivity contribution in [2.24, 2.45) is 0 Å². The molecule has 3 radical (unpaired) electrons. The summed E-state index contributed by atoms with van der Waals surface area (Å²) in [7, 11) is 0. The van der Waals surface area contributed by atoms with Gasteiger partial charge in [-0.3, -0.25) is 0 Å². The van der Waals surface area contributed by atoms with E-state index in [0.717, 1.165) is 21.1 Å². The first kappa shape index (κ1) is 25.6. The first-order chi connectivity index (χ1) is 10.5. The minimum atomic E-state index is 0. The van der Waals surface area contributed by atoms with Crippen LogP contribution in [-0.4, -0.2) is 28.9 Å². The molecule has 0 amide bonds. The van der Waals surface area contributed by atoms with Crippen LogP contribution in [0.15, 0.2) is 40.9 Å². The molecule has 0 atom stereocenters. The van der Waals surface area contributed by atoms with Crippen LogP contribution in [0.5, 0.6) is 0 Å². The first-order valence-electron chi connectivity index (χ1n) is 6.59. The molecule has 0 aliphatic carbocycles. The summed E-state index contributed by atoms with van der Waals surface area (Å²) >= 11 is 4.62. The second-order valence-electron chi connectivity index (χ2n) is 4.27. The van der Waals surface area contributed by atoms with Crippen molar-refractivity contribution in [1.29, 1.82) is 0 Å². The van der Waals surface area contributed by atoms with Crippen molar-refractivity contribution in [3.63, 3.8) is 0 Å². The standard InChI is InChI=1S/C7H10N2.C6H3BrN2S.C2H6O.B.Na.H/c1-5-3-2-4-6(8)7(5)9;7-4-2-1-3-5-6(4)9-10-8-5;1-2-3;;;/h2-4H,8-9H2,1H3;1-3H;3H,2H2,1H3;;;/q;;;;+1;-1. The SMILES string of the molecule is Brc1cccc2nsnc12.CCO.Cc1cccc(N)c1N.[B].[H-].[Na+]. The molecule has 2 aromatic carbocycles. The number of anilines is 2. The fourth-order valence-corrected chi connectivity index (χ4v) is 2.59. The fraction of sp³-hybridized carbons (Fsp3) is 0.200. The Balaban J connectivity index is -0.000000305. The minimum Gasteiger partial charge on any atom is -1.00 e. The van der Waals surface area contributed by atoms with Gasteiger partial charge in [0.05, 0.1) is 23.1 Å². The van der Waals surface area contributed by atoms with Crippen molar-refractivity contribution in [2.45, 2.75) is 13.8 Å². The Morgan fingerprint density at radius 2 is 1.75 bits per heavy atom. The number of halogens is 1. The number of benzene rings is 2. The van der Waals surface area contributed by atoms with E-state index in [9.17, 15) is 0 Å². The normalized spacial score (nSPS) is 8.67. The molecular weight excluding hydrogens is 398 g/mol. The van der Waals surface area contributed by atoms with Crippen molar-refractivity contribution in [1.82, 2.24) is 8.75 Å². The Hall–Kier alpha value is -0.635. The molecule has 123 valence electrons. The number of nitrogens with two attached hydrogens (primary N) is 2. The molecule has 0 bridgehead atoms. The molecule has 1 heterocycles. The second kappa shape index (κ2) is 13.6. The Morgan fingerprint density at radius 3 is 2.25 bits per heavy atom. The molecule has 0 spiro atoms. The van der Waals surface area contributed by atoms with Gasteiger partial charge in [0.1, 0.15) is 11.0 Å². The van der Waals surface area contributed by atoms with Gasteiger partial charge in [-0.1, -0.05) is 18.2 Å². The summed E-state index contributed by atoms with van der Waals surface area (Å²) in [4.78, 5) is 0. The maximum Gasteiger partial charge on any atom is 1.00 e. The Bertz CT molecular complexity index is 715. The third kappa shape index (κ3) is 7.96. The fourth-order valence-electron chi connectivity index (χ4n) is 1.48. The van der Waals surface area contributed by atoms with Gasteiger partial charge in [-0.05, 0) is 53.5 Å². The monoisotopic (exact) mass is 417 g/mol. The molecule has 9 heteroatoms. The molecule has 0 aliphatic heterocycles. The number of aryl methyl sites for hydroxylation is 1. The van der Waals surface area contributed by atoms with Gasteiger partial charge in [0.15, 0.2) is 0 Å². The number of aliphatic hydroxyl groups is 1. The molecule has 0 saturated carbocycles. The predicted molar refractivity (Wildman–Crippen MR) is 105 cm³/mol. The number of rotatable bonds is 0. The van der Waals surface area contributed by atoms with Gasteiger partial charge >= 0.3 is 29.6 Å². The molecule has 3 rings (SSSR count). The predicted octanol–water partition coefficient (Wildman–Crippen LogP) is 0.348. The van der Waals surface area contributed by atoms with E-state index in [1.807, 2.05) is 37.3 Å². The van der Waals surface area contributed by atoms with Crippen molar-refractivity contribution in [3.8, 4) is 0 Å². The average molecular weight is 418 g/mol. The number of nitrogens with zero attached hydrogens (tertiary/aromatic N) is 2. The Labute approximate surface area is 180 Å². The van der Waals surface area contributed by atoms with Crippen LogP contribution in [0.25, 0.3) is 11.0 Å². The number of para-hydroxylation sites is 1. The molecular formula is C15H20BBrN4NaOS. The summed E-state index contributed by atoms with van der Waals surface area (Å²) in [6.45, 7) is 3.87. The van der Waals surface area contributed by atoms with Gasteiger partial charge in [0.2, 0.25) is 0 Å². The smallest absolute Gasteiger partial charge is 1.00 e. The van der Waals surface area contributed by atoms with Crippen LogP contribution in [0.3, 0.4) is 0 Å². The maximum atomic E-state index is 7.57. The van der Waals surface area contributed by atoms with Gasteiger partial charge in [0, 0.05) is 19.5 Å². The van der Waals surface area contributed by atoms with Gasteiger partial charge < -0.3 is 18.0 Å². The van der Waals surface area contributed by atoms with Gasteiger partial charge in [-0.2, -0.15) is 8.75 Å². The van der Waals surface area contributed by atoms with Crippen molar-refractivity contribution < 1.29 is 36.1 Å². The number of hydrogen-bond acceptors (Lipinski definition) is 6. The summed E-state index contributed by atoms with van der Waals surface area (Å²) < 4.78 is 9.19. The molecule has 0 aliphatic rings. The summed E-state index contributed by atoms with van der Waals surface area (Å²) in [5, 5.41) is 7.57. The van der Waals surface area contributed by atoms with Gasteiger partial charge in [0.25, 0.3) is 0 Å². The van der Waals surface area contributed by atoms with Crippen molar-refractivity contribution in [3.05, 3.63) is 46.4 Å². The van der Waals surface area contributed by atoms with E-state index < -0.39 is 0 Å². The number of hydrogen-bond donors (Lipinski definition) is 3. The van der Waals surface area contributed by atoms with Crippen LogP contribution >= 0.6 is 27.7 Å². The van der Waals surface area contributed by atoms with Crippen LogP contribution in [-0.2, 0) is 0 Å². The average Bonchev–Trinajstić information content (AvgIpc) is 2.96.